The molecule has 30 heavy (non-hydrogen) atoms. The number of nitrogens with zero attached hydrogens (tertiary/aromatic N) is 2. The number of hydrogen-bond donors (Lipinski definition) is 1. The molecule has 0 bridgehead atoms. The van der Waals surface area contributed by atoms with Gasteiger partial charge in [0, 0.05) is 28.5 Å². The Morgan fingerprint density at radius 2 is 1.90 bits per heavy atom. The van der Waals surface area contributed by atoms with E-state index < -0.39 is 5.91 Å². The van der Waals surface area contributed by atoms with Gasteiger partial charge in [0.15, 0.2) is 17.1 Å². The molecule has 0 fully saturated rings. The van der Waals surface area contributed by atoms with Gasteiger partial charge in [-0.2, -0.15) is 5.10 Å². The first kappa shape index (κ1) is 19.3. The molecule has 0 saturated heterocycles. The molecule has 0 aliphatic rings. The molecule has 0 saturated carbocycles. The Morgan fingerprint density at radius 3 is 2.63 bits per heavy atom. The van der Waals surface area contributed by atoms with Gasteiger partial charge in [-0.25, -0.2) is 5.43 Å². The van der Waals surface area contributed by atoms with Gasteiger partial charge in [-0.15, -0.1) is 0 Å². The van der Waals surface area contributed by atoms with Crippen LogP contribution in [0.25, 0.3) is 16.7 Å². The standard InChI is InChI=1S/C23H21N3O4/c1-15-11-16(14-26(15)18-7-9-19(28-2)10-8-18)13-24-25-23(27)21-12-17-5-4-6-20(29-3)22(17)30-21/h4-14H,1-3H3,(H,25,27)/b24-13-. The average Bonchev–Trinajstić information content (AvgIpc) is 3.37. The minimum Gasteiger partial charge on any atom is -0.497 e. The van der Waals surface area contributed by atoms with Crippen molar-refractivity contribution in [3.8, 4) is 17.2 Å². The number of fused-ring (bicyclic) bond motifs is 1. The maximum Gasteiger partial charge on any atom is 0.307 e. The summed E-state index contributed by atoms with van der Waals surface area (Å²) in [7, 11) is 3.20. The van der Waals surface area contributed by atoms with E-state index in [0.29, 0.717) is 11.3 Å². The molecule has 4 aromatic rings. The first-order chi connectivity index (χ1) is 14.6. The minimum atomic E-state index is -0.434. The van der Waals surface area contributed by atoms with Gasteiger partial charge in [0.05, 0.1) is 20.4 Å². The van der Waals surface area contributed by atoms with E-state index >= 15 is 0 Å². The molecular formula is C23H21N3O4. The summed E-state index contributed by atoms with van der Waals surface area (Å²) in [4.78, 5) is 12.4. The van der Waals surface area contributed by atoms with Crippen molar-refractivity contribution in [3.63, 3.8) is 0 Å². The van der Waals surface area contributed by atoms with Crippen molar-refractivity contribution >= 4 is 23.1 Å². The quantitative estimate of drug-likeness (QED) is 0.384. The minimum absolute atomic E-state index is 0.165. The molecule has 2 heterocycles. The first-order valence-electron chi connectivity index (χ1n) is 9.32. The predicted molar refractivity (Wildman–Crippen MR) is 115 cm³/mol. The summed E-state index contributed by atoms with van der Waals surface area (Å²) < 4.78 is 18.1. The van der Waals surface area contributed by atoms with Crippen molar-refractivity contribution in [2.24, 2.45) is 5.10 Å². The lowest BCUT2D eigenvalue weighted by Crippen LogP contribution is -2.16. The van der Waals surface area contributed by atoms with Crippen LogP contribution in [0.15, 0.2) is 70.3 Å². The van der Waals surface area contributed by atoms with E-state index in [9.17, 15) is 4.79 Å². The Morgan fingerprint density at radius 1 is 1.10 bits per heavy atom. The number of rotatable bonds is 6. The molecule has 0 aliphatic heterocycles. The SMILES string of the molecule is COc1ccc(-n2cc(/C=N\NC(=O)c3cc4cccc(OC)c4o3)cc2C)cc1. The summed E-state index contributed by atoms with van der Waals surface area (Å²) in [6.45, 7) is 2.00. The molecule has 0 unspecified atom stereocenters. The maximum absolute atomic E-state index is 12.4. The number of carbonyl (C=O) groups is 1. The van der Waals surface area contributed by atoms with Gasteiger partial charge in [-0.1, -0.05) is 12.1 Å². The fourth-order valence-electron chi connectivity index (χ4n) is 3.22. The van der Waals surface area contributed by atoms with E-state index in [1.807, 2.05) is 60.2 Å². The fourth-order valence-corrected chi connectivity index (χ4v) is 3.22. The highest BCUT2D eigenvalue weighted by Gasteiger charge is 2.14. The number of methoxy groups -OCH3 is 2. The Balaban J connectivity index is 1.47. The van der Waals surface area contributed by atoms with Gasteiger partial charge in [-0.3, -0.25) is 4.79 Å². The van der Waals surface area contributed by atoms with Crippen LogP contribution in [0.3, 0.4) is 0 Å². The van der Waals surface area contributed by atoms with Crippen molar-refractivity contribution in [1.29, 1.82) is 0 Å². The smallest absolute Gasteiger partial charge is 0.307 e. The van der Waals surface area contributed by atoms with Gasteiger partial charge in [0.1, 0.15) is 5.75 Å². The second-order valence-corrected chi connectivity index (χ2v) is 6.67. The third-order valence-corrected chi connectivity index (χ3v) is 4.72. The number of benzene rings is 2. The van der Waals surface area contributed by atoms with Gasteiger partial charge in [0.2, 0.25) is 0 Å². The number of aryl methyl sites for hydroxylation is 1. The van der Waals surface area contributed by atoms with Crippen LogP contribution in [0.4, 0.5) is 0 Å². The summed E-state index contributed by atoms with van der Waals surface area (Å²) in [6, 6.07) is 16.9. The van der Waals surface area contributed by atoms with E-state index in [1.54, 1.807) is 32.6 Å². The van der Waals surface area contributed by atoms with Gasteiger partial charge >= 0.3 is 5.91 Å². The zero-order valence-corrected chi connectivity index (χ0v) is 16.9. The molecule has 2 aromatic carbocycles. The Labute approximate surface area is 173 Å². The summed E-state index contributed by atoms with van der Waals surface area (Å²) in [5.74, 6) is 1.11. The Bertz CT molecular complexity index is 1220. The first-order valence-corrected chi connectivity index (χ1v) is 9.32. The van der Waals surface area contributed by atoms with Gasteiger partial charge in [0.25, 0.3) is 0 Å². The largest absolute Gasteiger partial charge is 0.497 e. The van der Waals surface area contributed by atoms with Crippen LogP contribution < -0.4 is 14.9 Å². The number of hydrazone groups is 1. The number of aromatic nitrogens is 1. The molecule has 0 radical (unpaired) electrons. The number of carbonyl (C=O) groups excluding carboxylic acids is 1. The molecule has 2 aromatic heterocycles. The molecule has 7 heteroatoms. The van der Waals surface area contributed by atoms with Gasteiger partial charge < -0.3 is 18.5 Å². The van der Waals surface area contributed by atoms with E-state index in [4.69, 9.17) is 13.9 Å². The van der Waals surface area contributed by atoms with Crippen LogP contribution in [0.2, 0.25) is 0 Å². The zero-order valence-electron chi connectivity index (χ0n) is 16.9. The van der Waals surface area contributed by atoms with E-state index in [2.05, 4.69) is 10.5 Å². The highest BCUT2D eigenvalue weighted by Crippen LogP contribution is 2.28. The summed E-state index contributed by atoms with van der Waals surface area (Å²) >= 11 is 0. The highest BCUT2D eigenvalue weighted by molar-refractivity contribution is 5.97. The molecule has 0 atom stereocenters. The average molecular weight is 403 g/mol. The van der Waals surface area contributed by atoms with Crippen molar-refractivity contribution in [3.05, 3.63) is 77.8 Å². The molecule has 0 aliphatic carbocycles. The number of nitrogens with one attached hydrogen (secondary N) is 1. The number of amides is 1. The van der Waals surface area contributed by atoms with Crippen molar-refractivity contribution in [1.82, 2.24) is 9.99 Å². The number of furan rings is 1. The lowest BCUT2D eigenvalue weighted by molar-refractivity contribution is 0.0929. The molecule has 0 spiro atoms. The molecule has 4 rings (SSSR count). The van der Waals surface area contributed by atoms with Crippen LogP contribution in [0, 0.1) is 6.92 Å². The fraction of sp³-hybridized carbons (Fsp3) is 0.130. The van der Waals surface area contributed by atoms with E-state index in [0.717, 1.165) is 28.1 Å². The second-order valence-electron chi connectivity index (χ2n) is 6.67. The normalized spacial score (nSPS) is 11.2. The van der Waals surface area contributed by atoms with Crippen LogP contribution in [0.1, 0.15) is 21.8 Å². The van der Waals surface area contributed by atoms with Crippen molar-refractivity contribution in [2.75, 3.05) is 14.2 Å². The van der Waals surface area contributed by atoms with Crippen LogP contribution in [-0.2, 0) is 0 Å². The molecular weight excluding hydrogens is 382 g/mol. The Kier molecular flexibility index (Phi) is 5.26. The van der Waals surface area contributed by atoms with Crippen molar-refractivity contribution in [2.45, 2.75) is 6.92 Å². The molecule has 152 valence electrons. The highest BCUT2D eigenvalue weighted by atomic mass is 16.5. The molecule has 7 nitrogen and oxygen atoms in total. The zero-order chi connectivity index (χ0) is 21.1. The van der Waals surface area contributed by atoms with Gasteiger partial charge in [-0.05, 0) is 49.4 Å². The lowest BCUT2D eigenvalue weighted by Gasteiger charge is -2.06. The van der Waals surface area contributed by atoms with E-state index in [1.165, 1.54) is 0 Å². The predicted octanol–water partition coefficient (Wildman–Crippen LogP) is 4.31. The van der Waals surface area contributed by atoms with Crippen molar-refractivity contribution < 1.29 is 18.7 Å². The summed E-state index contributed by atoms with van der Waals surface area (Å²) in [5.41, 5.74) is 5.93. The third kappa shape index (κ3) is 3.77. The molecule has 1 N–H and O–H groups in total. The topological polar surface area (TPSA) is 78.0 Å². The van der Waals surface area contributed by atoms with Crippen LogP contribution >= 0.6 is 0 Å². The van der Waals surface area contributed by atoms with E-state index in [-0.39, 0.29) is 5.76 Å². The summed E-state index contributed by atoms with van der Waals surface area (Å²) in [5, 5.41) is 4.84. The molecule has 1 amide bonds. The summed E-state index contributed by atoms with van der Waals surface area (Å²) in [6.07, 6.45) is 3.53. The monoisotopic (exact) mass is 403 g/mol. The Hall–Kier alpha value is -4.00. The second kappa shape index (κ2) is 8.16. The maximum atomic E-state index is 12.4. The van der Waals surface area contributed by atoms with Crippen LogP contribution in [0.5, 0.6) is 11.5 Å². The number of ether oxygens (including phenoxy) is 2. The number of para-hydroxylation sites is 1. The van der Waals surface area contributed by atoms with Crippen LogP contribution in [-0.4, -0.2) is 30.9 Å². The third-order valence-electron chi connectivity index (χ3n) is 4.72. The lowest BCUT2D eigenvalue weighted by atomic mass is 10.2. The number of hydrogen-bond acceptors (Lipinski definition) is 5.